The van der Waals surface area contributed by atoms with E-state index < -0.39 is 23.3 Å². The van der Waals surface area contributed by atoms with Crippen molar-refractivity contribution in [3.8, 4) is 39.5 Å². The Kier molecular flexibility index (Phi) is 8.13. The summed E-state index contributed by atoms with van der Waals surface area (Å²) in [5.41, 5.74) is 1.15. The minimum Gasteiger partial charge on any atom is -0.494 e. The van der Waals surface area contributed by atoms with Crippen LogP contribution in [0.3, 0.4) is 0 Å². The first-order chi connectivity index (χ1) is 17.9. The molecule has 0 aromatic heterocycles. The molecule has 4 rings (SSSR count). The Morgan fingerprint density at radius 1 is 0.622 bits per heavy atom. The highest BCUT2D eigenvalue weighted by atomic mass is 19.2. The number of hydrogen-bond donors (Lipinski definition) is 0. The maximum Gasteiger partial charge on any atom is 0.201 e. The van der Waals surface area contributed by atoms with Crippen molar-refractivity contribution in [2.24, 2.45) is 0 Å². The van der Waals surface area contributed by atoms with Gasteiger partial charge in [0.25, 0.3) is 0 Å². The van der Waals surface area contributed by atoms with Crippen molar-refractivity contribution in [1.82, 2.24) is 0 Å². The molecule has 4 aromatic rings. The molecule has 190 valence electrons. The van der Waals surface area contributed by atoms with Crippen LogP contribution in [0, 0.1) is 23.3 Å². The van der Waals surface area contributed by atoms with Gasteiger partial charge < -0.3 is 14.2 Å². The lowest BCUT2D eigenvalue weighted by Crippen LogP contribution is -2.02. The fourth-order valence-corrected chi connectivity index (χ4v) is 3.73. The third-order valence-electron chi connectivity index (χ3n) is 5.60. The smallest absolute Gasteiger partial charge is 0.201 e. The van der Waals surface area contributed by atoms with Gasteiger partial charge >= 0.3 is 0 Å². The van der Waals surface area contributed by atoms with Gasteiger partial charge in [0.15, 0.2) is 23.2 Å². The molecule has 0 amide bonds. The summed E-state index contributed by atoms with van der Waals surface area (Å²) in [5.74, 6) is -3.32. The summed E-state index contributed by atoms with van der Waals surface area (Å²) < 4.78 is 74.5. The molecule has 7 heteroatoms. The maximum absolute atomic E-state index is 14.8. The predicted octanol–water partition coefficient (Wildman–Crippen LogP) is 8.12. The second kappa shape index (κ2) is 11.6. The summed E-state index contributed by atoms with van der Waals surface area (Å²) in [6.45, 7) is 5.67. The summed E-state index contributed by atoms with van der Waals surface area (Å²) in [4.78, 5) is 0. The number of benzene rings is 4. The molecule has 0 atom stereocenters. The van der Waals surface area contributed by atoms with Crippen LogP contribution in [0.15, 0.2) is 85.5 Å². The highest BCUT2D eigenvalue weighted by molar-refractivity contribution is 5.67. The molecule has 0 heterocycles. The summed E-state index contributed by atoms with van der Waals surface area (Å²) in [7, 11) is 0. The molecule has 0 aliphatic carbocycles. The normalized spacial score (nSPS) is 10.7. The SMILES string of the molecule is C=CCOc1ccc(-c2ccc(OCc3ccc(-c4ccc(OCC)cc4)c(F)c3F)cc2)c(F)c1F. The Morgan fingerprint density at radius 2 is 1.16 bits per heavy atom. The van der Waals surface area contributed by atoms with Gasteiger partial charge in [-0.25, -0.2) is 13.2 Å². The van der Waals surface area contributed by atoms with Crippen molar-refractivity contribution in [3.63, 3.8) is 0 Å². The molecule has 0 saturated heterocycles. The van der Waals surface area contributed by atoms with E-state index in [1.807, 2.05) is 6.92 Å². The third kappa shape index (κ3) is 5.77. The molecule has 0 N–H and O–H groups in total. The molecule has 0 saturated carbocycles. The van der Waals surface area contributed by atoms with E-state index in [1.54, 1.807) is 36.4 Å². The highest BCUT2D eigenvalue weighted by Gasteiger charge is 2.17. The molecule has 0 aliphatic heterocycles. The van der Waals surface area contributed by atoms with Gasteiger partial charge in [0.1, 0.15) is 24.7 Å². The monoisotopic (exact) mass is 508 g/mol. The molecule has 0 spiro atoms. The van der Waals surface area contributed by atoms with E-state index in [0.29, 0.717) is 29.2 Å². The quantitative estimate of drug-likeness (QED) is 0.160. The van der Waals surface area contributed by atoms with Gasteiger partial charge in [-0.2, -0.15) is 4.39 Å². The van der Waals surface area contributed by atoms with Crippen LogP contribution in [-0.4, -0.2) is 13.2 Å². The molecule has 4 aromatic carbocycles. The first-order valence-electron chi connectivity index (χ1n) is 11.6. The van der Waals surface area contributed by atoms with E-state index >= 15 is 0 Å². The minimum absolute atomic E-state index is 0.0412. The molecule has 0 fully saturated rings. The van der Waals surface area contributed by atoms with Crippen LogP contribution in [-0.2, 0) is 6.61 Å². The lowest BCUT2D eigenvalue weighted by molar-refractivity contribution is 0.297. The van der Waals surface area contributed by atoms with Gasteiger partial charge in [-0.15, -0.1) is 0 Å². The lowest BCUT2D eigenvalue weighted by Gasteiger charge is -2.12. The van der Waals surface area contributed by atoms with Gasteiger partial charge in [0.05, 0.1) is 6.61 Å². The molecule has 0 radical (unpaired) electrons. The van der Waals surface area contributed by atoms with Crippen molar-refractivity contribution in [2.75, 3.05) is 13.2 Å². The first kappa shape index (κ1) is 25.8. The van der Waals surface area contributed by atoms with Gasteiger partial charge in [-0.1, -0.05) is 49.1 Å². The lowest BCUT2D eigenvalue weighted by atomic mass is 10.0. The van der Waals surface area contributed by atoms with Crippen molar-refractivity contribution in [2.45, 2.75) is 13.5 Å². The molecular weight excluding hydrogens is 484 g/mol. The topological polar surface area (TPSA) is 27.7 Å². The number of hydrogen-bond acceptors (Lipinski definition) is 3. The van der Waals surface area contributed by atoms with Crippen LogP contribution < -0.4 is 14.2 Å². The molecular formula is C30H24F4O3. The fourth-order valence-electron chi connectivity index (χ4n) is 3.73. The third-order valence-corrected chi connectivity index (χ3v) is 5.60. The number of rotatable bonds is 10. The molecule has 0 bridgehead atoms. The molecule has 3 nitrogen and oxygen atoms in total. The summed E-state index contributed by atoms with van der Waals surface area (Å²) in [5, 5.41) is 0. The van der Waals surface area contributed by atoms with Crippen LogP contribution >= 0.6 is 0 Å². The zero-order valence-electron chi connectivity index (χ0n) is 20.1. The van der Waals surface area contributed by atoms with Gasteiger partial charge in [0.2, 0.25) is 5.82 Å². The number of ether oxygens (including phenoxy) is 3. The Morgan fingerprint density at radius 3 is 1.73 bits per heavy atom. The standard InChI is InChI=1S/C30H24F4O3/c1-3-17-36-26-16-15-25(29(33)30(26)34)20-7-12-23(13-8-20)37-18-21-9-14-24(28(32)27(21)31)19-5-10-22(11-6-19)35-4-2/h3,5-16H,1,4,17-18H2,2H3. The van der Waals surface area contributed by atoms with E-state index in [-0.39, 0.29) is 35.7 Å². The van der Waals surface area contributed by atoms with Gasteiger partial charge in [-0.3, -0.25) is 0 Å². The van der Waals surface area contributed by atoms with Gasteiger partial charge in [-0.05, 0) is 54.4 Å². The average Bonchev–Trinajstić information content (AvgIpc) is 2.92. The van der Waals surface area contributed by atoms with E-state index in [2.05, 4.69) is 6.58 Å². The van der Waals surface area contributed by atoms with E-state index in [4.69, 9.17) is 14.2 Å². The minimum atomic E-state index is -1.09. The molecule has 0 aliphatic rings. The maximum atomic E-state index is 14.8. The second-order valence-electron chi connectivity index (χ2n) is 8.01. The Bertz CT molecular complexity index is 1380. The fraction of sp³-hybridized carbons (Fsp3) is 0.133. The van der Waals surface area contributed by atoms with Crippen LogP contribution in [0.25, 0.3) is 22.3 Å². The zero-order chi connectivity index (χ0) is 26.4. The largest absolute Gasteiger partial charge is 0.494 e. The van der Waals surface area contributed by atoms with Gasteiger partial charge in [0, 0.05) is 16.7 Å². The summed E-state index contributed by atoms with van der Waals surface area (Å²) in [6.07, 6.45) is 1.43. The Balaban J connectivity index is 1.45. The zero-order valence-corrected chi connectivity index (χ0v) is 20.1. The van der Waals surface area contributed by atoms with Crippen LogP contribution in [0.4, 0.5) is 17.6 Å². The molecule has 0 unspecified atom stereocenters. The van der Waals surface area contributed by atoms with Crippen molar-refractivity contribution in [3.05, 3.63) is 114 Å². The van der Waals surface area contributed by atoms with Crippen LogP contribution in [0.5, 0.6) is 17.2 Å². The van der Waals surface area contributed by atoms with E-state index in [0.717, 1.165) is 0 Å². The number of halogens is 4. The molecule has 37 heavy (non-hydrogen) atoms. The summed E-state index contributed by atoms with van der Waals surface area (Å²) in [6, 6.07) is 18.6. The second-order valence-corrected chi connectivity index (χ2v) is 8.01. The summed E-state index contributed by atoms with van der Waals surface area (Å²) >= 11 is 0. The van der Waals surface area contributed by atoms with E-state index in [9.17, 15) is 17.6 Å². The van der Waals surface area contributed by atoms with Crippen LogP contribution in [0.1, 0.15) is 12.5 Å². The first-order valence-corrected chi connectivity index (χ1v) is 11.6. The Labute approximate surface area is 212 Å². The van der Waals surface area contributed by atoms with Crippen molar-refractivity contribution in [1.29, 1.82) is 0 Å². The Hall–Kier alpha value is -4.26. The van der Waals surface area contributed by atoms with Crippen molar-refractivity contribution < 1.29 is 31.8 Å². The average molecular weight is 509 g/mol. The highest BCUT2D eigenvalue weighted by Crippen LogP contribution is 2.32. The van der Waals surface area contributed by atoms with E-state index in [1.165, 1.54) is 42.5 Å². The predicted molar refractivity (Wildman–Crippen MR) is 135 cm³/mol. The van der Waals surface area contributed by atoms with Crippen molar-refractivity contribution >= 4 is 0 Å². The van der Waals surface area contributed by atoms with Crippen LogP contribution in [0.2, 0.25) is 0 Å².